The van der Waals surface area contributed by atoms with Crippen molar-refractivity contribution in [1.82, 2.24) is 0 Å². The van der Waals surface area contributed by atoms with E-state index in [1.54, 1.807) is 0 Å². The zero-order valence-corrected chi connectivity index (χ0v) is 15.1. The second-order valence-electron chi connectivity index (χ2n) is 5.67. The maximum atomic E-state index is 3.46. The van der Waals surface area contributed by atoms with Crippen LogP contribution in [0.5, 0.6) is 0 Å². The summed E-state index contributed by atoms with van der Waals surface area (Å²) in [6.07, 6.45) is 7.16. The van der Waals surface area contributed by atoms with E-state index in [4.69, 9.17) is 0 Å². The Morgan fingerprint density at radius 2 is 1.70 bits per heavy atom. The lowest BCUT2D eigenvalue weighted by Crippen LogP contribution is -1.90. The number of aryl methyl sites for hydroxylation is 1. The molecule has 0 atom stereocenters. The van der Waals surface area contributed by atoms with Gasteiger partial charge in [-0.05, 0) is 36.6 Å². The van der Waals surface area contributed by atoms with Crippen LogP contribution in [0, 0.1) is 11.8 Å². The van der Waals surface area contributed by atoms with Gasteiger partial charge in [0.1, 0.15) is 0 Å². The van der Waals surface area contributed by atoms with Crippen LogP contribution in [0.25, 0.3) is 0 Å². The molecule has 0 saturated heterocycles. The van der Waals surface area contributed by atoms with Gasteiger partial charge in [-0.1, -0.05) is 87.0 Å². The summed E-state index contributed by atoms with van der Waals surface area (Å²) in [7, 11) is 0. The fraction of sp³-hybridized carbons (Fsp3) is 0.364. The highest BCUT2D eigenvalue weighted by Gasteiger charge is 2.06. The minimum Gasteiger partial charge on any atom is -0.0978 e. The highest BCUT2D eigenvalue weighted by Crippen LogP contribution is 2.31. The number of hydrogen-bond donors (Lipinski definition) is 0. The van der Waals surface area contributed by atoms with Crippen LogP contribution >= 0.6 is 11.8 Å². The highest BCUT2D eigenvalue weighted by atomic mass is 32.2. The third-order valence-corrected chi connectivity index (χ3v) is 4.90. The Labute approximate surface area is 145 Å². The zero-order chi connectivity index (χ0) is 16.3. The zero-order valence-electron chi connectivity index (χ0n) is 14.3. The first kappa shape index (κ1) is 17.7. The molecule has 0 aliphatic rings. The number of benzene rings is 2. The van der Waals surface area contributed by atoms with Crippen molar-refractivity contribution in [2.24, 2.45) is 0 Å². The summed E-state index contributed by atoms with van der Waals surface area (Å²) in [6, 6.07) is 17.1. The van der Waals surface area contributed by atoms with Gasteiger partial charge >= 0.3 is 0 Å². The first-order valence-electron chi connectivity index (χ1n) is 8.68. The highest BCUT2D eigenvalue weighted by molar-refractivity contribution is 7.99. The summed E-state index contributed by atoms with van der Waals surface area (Å²) in [5, 5.41) is 0. The Balaban J connectivity index is 2.14. The smallest absolute Gasteiger partial charge is 0.0416 e. The fourth-order valence-electron chi connectivity index (χ4n) is 2.50. The Morgan fingerprint density at radius 1 is 0.870 bits per heavy atom. The van der Waals surface area contributed by atoms with Gasteiger partial charge in [0.15, 0.2) is 0 Å². The molecule has 2 rings (SSSR count). The molecule has 0 aliphatic carbocycles. The van der Waals surface area contributed by atoms with Gasteiger partial charge in [0.2, 0.25) is 0 Å². The van der Waals surface area contributed by atoms with E-state index in [0.29, 0.717) is 0 Å². The van der Waals surface area contributed by atoms with Crippen LogP contribution < -0.4 is 0 Å². The van der Waals surface area contributed by atoms with Gasteiger partial charge in [-0.2, -0.15) is 0 Å². The number of unbranched alkanes of at least 4 members (excludes halogenated alkanes) is 4. The molecule has 0 amide bonds. The summed E-state index contributed by atoms with van der Waals surface area (Å²) in [5.41, 5.74) is 2.58. The molecule has 0 radical (unpaired) electrons. The minimum atomic E-state index is 1.01. The van der Waals surface area contributed by atoms with Crippen LogP contribution in [0.4, 0.5) is 0 Å². The summed E-state index contributed by atoms with van der Waals surface area (Å²) in [4.78, 5) is 2.54. The molecule has 0 heterocycles. The Bertz CT molecular complexity index is 647. The standard InChI is InChI=1S/C22H26S/c1-3-5-6-7-8-12-17-21-19(4-2)14-13-18-22(21)23-20-15-10-9-11-16-20/h9-11,13-16,18H,3-8H2,1-2H3. The van der Waals surface area contributed by atoms with Crippen LogP contribution in [0.15, 0.2) is 58.3 Å². The molecule has 0 unspecified atom stereocenters. The van der Waals surface area contributed by atoms with Gasteiger partial charge in [0, 0.05) is 21.8 Å². The molecular formula is C22H26S. The van der Waals surface area contributed by atoms with E-state index in [2.05, 4.69) is 74.2 Å². The molecule has 0 saturated carbocycles. The maximum Gasteiger partial charge on any atom is 0.0416 e. The van der Waals surface area contributed by atoms with E-state index in [1.807, 2.05) is 11.8 Å². The molecule has 0 aromatic heterocycles. The summed E-state index contributed by atoms with van der Waals surface area (Å²) in [6.45, 7) is 4.45. The summed E-state index contributed by atoms with van der Waals surface area (Å²) >= 11 is 1.81. The second-order valence-corrected chi connectivity index (χ2v) is 6.79. The molecular weight excluding hydrogens is 296 g/mol. The van der Waals surface area contributed by atoms with Crippen molar-refractivity contribution in [3.63, 3.8) is 0 Å². The monoisotopic (exact) mass is 322 g/mol. The predicted octanol–water partition coefficient (Wildman–Crippen LogP) is 6.72. The lowest BCUT2D eigenvalue weighted by atomic mass is 10.1. The molecule has 0 nitrogen and oxygen atoms in total. The van der Waals surface area contributed by atoms with E-state index in [-0.39, 0.29) is 0 Å². The van der Waals surface area contributed by atoms with E-state index in [9.17, 15) is 0 Å². The largest absolute Gasteiger partial charge is 0.0978 e. The van der Waals surface area contributed by atoms with Crippen LogP contribution in [-0.2, 0) is 6.42 Å². The lowest BCUT2D eigenvalue weighted by molar-refractivity contribution is 0.679. The van der Waals surface area contributed by atoms with Crippen molar-refractivity contribution >= 4 is 11.8 Å². The molecule has 120 valence electrons. The summed E-state index contributed by atoms with van der Waals surface area (Å²) in [5.74, 6) is 6.86. The number of rotatable bonds is 7. The third kappa shape index (κ3) is 5.81. The molecule has 0 N–H and O–H groups in total. The van der Waals surface area contributed by atoms with Gasteiger partial charge in [0.25, 0.3) is 0 Å². The normalized spacial score (nSPS) is 10.2. The Kier molecular flexibility index (Phi) is 7.84. The molecule has 0 spiro atoms. The first-order valence-corrected chi connectivity index (χ1v) is 9.50. The van der Waals surface area contributed by atoms with Crippen LogP contribution in [-0.4, -0.2) is 0 Å². The quantitative estimate of drug-likeness (QED) is 0.402. The molecule has 23 heavy (non-hydrogen) atoms. The summed E-state index contributed by atoms with van der Waals surface area (Å²) < 4.78 is 0. The second kappa shape index (κ2) is 10.2. The Morgan fingerprint density at radius 3 is 2.43 bits per heavy atom. The molecule has 0 aliphatic heterocycles. The van der Waals surface area contributed by atoms with Crippen molar-refractivity contribution in [2.75, 3.05) is 0 Å². The van der Waals surface area contributed by atoms with Gasteiger partial charge < -0.3 is 0 Å². The van der Waals surface area contributed by atoms with Crippen LogP contribution in [0.3, 0.4) is 0 Å². The Hall–Kier alpha value is -1.65. The average Bonchev–Trinajstić information content (AvgIpc) is 2.59. The van der Waals surface area contributed by atoms with Gasteiger partial charge in [-0.15, -0.1) is 0 Å². The van der Waals surface area contributed by atoms with E-state index in [1.165, 1.54) is 46.6 Å². The van der Waals surface area contributed by atoms with E-state index < -0.39 is 0 Å². The average molecular weight is 323 g/mol. The SMILES string of the molecule is CCCCCCC#Cc1c(CC)cccc1Sc1ccccc1. The van der Waals surface area contributed by atoms with Crippen molar-refractivity contribution in [1.29, 1.82) is 0 Å². The van der Waals surface area contributed by atoms with Gasteiger partial charge in [-0.25, -0.2) is 0 Å². The van der Waals surface area contributed by atoms with Gasteiger partial charge in [0.05, 0.1) is 0 Å². The lowest BCUT2D eigenvalue weighted by Gasteiger charge is -2.09. The van der Waals surface area contributed by atoms with Crippen molar-refractivity contribution in [2.45, 2.75) is 62.2 Å². The topological polar surface area (TPSA) is 0 Å². The minimum absolute atomic E-state index is 1.01. The van der Waals surface area contributed by atoms with Crippen molar-refractivity contribution in [3.05, 3.63) is 59.7 Å². The maximum absolute atomic E-state index is 3.46. The number of hydrogen-bond acceptors (Lipinski definition) is 1. The molecule has 2 aromatic rings. The molecule has 2 aromatic carbocycles. The predicted molar refractivity (Wildman–Crippen MR) is 102 cm³/mol. The molecule has 1 heteroatoms. The van der Waals surface area contributed by atoms with Crippen molar-refractivity contribution in [3.8, 4) is 11.8 Å². The van der Waals surface area contributed by atoms with E-state index in [0.717, 1.165) is 12.8 Å². The first-order chi connectivity index (χ1) is 11.3. The van der Waals surface area contributed by atoms with Gasteiger partial charge in [-0.3, -0.25) is 0 Å². The third-order valence-electron chi connectivity index (χ3n) is 3.83. The molecule has 0 bridgehead atoms. The fourth-order valence-corrected chi connectivity index (χ4v) is 3.48. The van der Waals surface area contributed by atoms with Crippen LogP contribution in [0.1, 0.15) is 57.1 Å². The van der Waals surface area contributed by atoms with E-state index >= 15 is 0 Å². The van der Waals surface area contributed by atoms with Crippen molar-refractivity contribution < 1.29 is 0 Å². The van der Waals surface area contributed by atoms with Crippen LogP contribution in [0.2, 0.25) is 0 Å². The molecule has 0 fully saturated rings.